The Morgan fingerprint density at radius 2 is 2.06 bits per heavy atom. The zero-order valence-corrected chi connectivity index (χ0v) is 8.64. The van der Waals surface area contributed by atoms with Crippen molar-refractivity contribution in [2.45, 2.75) is 12.8 Å². The molecule has 2 N–H and O–H groups in total. The molecule has 1 heterocycles. The monoisotopic (exact) mass is 220 g/mol. The second kappa shape index (κ2) is 4.22. The molecule has 16 heavy (non-hydrogen) atoms. The number of hydrogen-bond acceptors (Lipinski definition) is 3. The second-order valence-electron chi connectivity index (χ2n) is 3.67. The Hall–Kier alpha value is -2.04. The summed E-state index contributed by atoms with van der Waals surface area (Å²) >= 11 is 0. The number of rotatable bonds is 3. The largest absolute Gasteiger partial charge is 0.481 e. The van der Waals surface area contributed by atoms with Crippen LogP contribution in [0.2, 0.25) is 0 Å². The summed E-state index contributed by atoms with van der Waals surface area (Å²) in [7, 11) is 0. The molecule has 0 saturated carbocycles. The summed E-state index contributed by atoms with van der Waals surface area (Å²) in [6, 6.07) is 7.13. The van der Waals surface area contributed by atoms with Crippen LogP contribution in [0.25, 0.3) is 0 Å². The third-order valence-corrected chi connectivity index (χ3v) is 2.43. The fourth-order valence-electron chi connectivity index (χ4n) is 1.64. The molecule has 1 aromatic rings. The summed E-state index contributed by atoms with van der Waals surface area (Å²) in [5, 5.41) is 10.4. The summed E-state index contributed by atoms with van der Waals surface area (Å²) < 4.78 is 0. The van der Waals surface area contributed by atoms with E-state index in [1.807, 2.05) is 12.1 Å². The molecule has 1 fully saturated rings. The Balaban J connectivity index is 2.07. The zero-order chi connectivity index (χ0) is 11.5. The predicted octanol–water partition coefficient (Wildman–Crippen LogP) is 0.555. The first-order valence-electron chi connectivity index (χ1n) is 5.03. The van der Waals surface area contributed by atoms with Gasteiger partial charge in [-0.2, -0.15) is 0 Å². The molecule has 1 aliphatic rings. The lowest BCUT2D eigenvalue weighted by Crippen LogP contribution is -2.32. The van der Waals surface area contributed by atoms with Crippen molar-refractivity contribution < 1.29 is 14.7 Å². The maximum absolute atomic E-state index is 11.0. The number of carbonyl (C=O) groups is 2. The normalized spacial score (nSPS) is 15.0. The Morgan fingerprint density at radius 1 is 1.38 bits per heavy atom. The quantitative estimate of drug-likeness (QED) is 0.780. The van der Waals surface area contributed by atoms with E-state index >= 15 is 0 Å². The molecule has 1 amide bonds. The van der Waals surface area contributed by atoms with Gasteiger partial charge in [0.05, 0.1) is 12.1 Å². The molecule has 0 radical (unpaired) electrons. The van der Waals surface area contributed by atoms with Gasteiger partial charge in [0.15, 0.2) is 0 Å². The fraction of sp³-hybridized carbons (Fsp3) is 0.273. The van der Waals surface area contributed by atoms with Crippen LogP contribution in [0, 0.1) is 0 Å². The van der Waals surface area contributed by atoms with Gasteiger partial charge in [0.25, 0.3) is 0 Å². The van der Waals surface area contributed by atoms with E-state index in [-0.39, 0.29) is 12.3 Å². The number of nitrogens with one attached hydrogen (secondary N) is 1. The molecule has 84 valence electrons. The highest BCUT2D eigenvalue weighted by molar-refractivity contribution is 5.81. The summed E-state index contributed by atoms with van der Waals surface area (Å²) in [6.07, 6.45) is 0.517. The van der Waals surface area contributed by atoms with Gasteiger partial charge in [0.2, 0.25) is 5.91 Å². The minimum atomic E-state index is -0.845. The lowest BCUT2D eigenvalue weighted by molar-refractivity contribution is -0.136. The Morgan fingerprint density at radius 3 is 2.56 bits per heavy atom. The van der Waals surface area contributed by atoms with Gasteiger partial charge < -0.3 is 5.11 Å². The molecular formula is C11H12N2O3. The second-order valence-corrected chi connectivity index (χ2v) is 3.67. The van der Waals surface area contributed by atoms with Crippen LogP contribution in [0.3, 0.4) is 0 Å². The van der Waals surface area contributed by atoms with E-state index in [1.54, 1.807) is 17.1 Å². The topological polar surface area (TPSA) is 69.6 Å². The number of aliphatic carboxylic acids is 1. The third kappa shape index (κ3) is 2.31. The van der Waals surface area contributed by atoms with E-state index in [2.05, 4.69) is 5.43 Å². The van der Waals surface area contributed by atoms with Crippen LogP contribution in [0.1, 0.15) is 12.0 Å². The molecule has 2 rings (SSSR count). The number of carbonyl (C=O) groups excluding carboxylic acids is 1. The van der Waals surface area contributed by atoms with Crippen LogP contribution in [-0.4, -0.2) is 23.5 Å². The molecule has 0 atom stereocenters. The third-order valence-electron chi connectivity index (χ3n) is 2.43. The summed E-state index contributed by atoms with van der Waals surface area (Å²) in [5.74, 6) is -0.836. The van der Waals surface area contributed by atoms with Crippen LogP contribution in [-0.2, 0) is 16.0 Å². The highest BCUT2D eigenvalue weighted by Crippen LogP contribution is 2.16. The molecule has 1 saturated heterocycles. The first-order valence-corrected chi connectivity index (χ1v) is 5.03. The first kappa shape index (κ1) is 10.5. The molecule has 1 aromatic carbocycles. The van der Waals surface area contributed by atoms with E-state index in [0.29, 0.717) is 13.0 Å². The van der Waals surface area contributed by atoms with Gasteiger partial charge in [-0.1, -0.05) is 12.1 Å². The van der Waals surface area contributed by atoms with E-state index in [9.17, 15) is 9.59 Å². The van der Waals surface area contributed by atoms with Crippen molar-refractivity contribution in [1.82, 2.24) is 5.43 Å². The molecule has 5 heteroatoms. The van der Waals surface area contributed by atoms with Crippen LogP contribution in [0.15, 0.2) is 24.3 Å². The Kier molecular flexibility index (Phi) is 2.76. The highest BCUT2D eigenvalue weighted by Gasteiger charge is 2.18. The van der Waals surface area contributed by atoms with Crippen LogP contribution in [0.5, 0.6) is 0 Å². The molecule has 0 aromatic heterocycles. The van der Waals surface area contributed by atoms with E-state index < -0.39 is 5.97 Å². The standard InChI is InChI=1S/C11H12N2O3/c14-10-5-6-13(12-10)9-3-1-8(2-4-9)7-11(15)16/h1-4H,5-7H2,(H,12,14)(H,15,16). The van der Waals surface area contributed by atoms with Crippen LogP contribution >= 0.6 is 0 Å². The summed E-state index contributed by atoms with van der Waals surface area (Å²) in [5.41, 5.74) is 4.34. The number of hydrogen-bond donors (Lipinski definition) is 2. The maximum atomic E-state index is 11.0. The number of nitrogens with zero attached hydrogens (tertiary/aromatic N) is 1. The van der Waals surface area contributed by atoms with Crippen LogP contribution < -0.4 is 10.4 Å². The number of benzene rings is 1. The van der Waals surface area contributed by atoms with Crippen molar-refractivity contribution in [3.63, 3.8) is 0 Å². The van der Waals surface area contributed by atoms with Gasteiger partial charge in [0, 0.05) is 13.0 Å². The minimum absolute atomic E-state index is 0.00890. The maximum Gasteiger partial charge on any atom is 0.307 e. The number of hydrazine groups is 1. The van der Waals surface area contributed by atoms with Gasteiger partial charge in [-0.25, -0.2) is 0 Å². The van der Waals surface area contributed by atoms with Crippen LogP contribution in [0.4, 0.5) is 5.69 Å². The Labute approximate surface area is 92.6 Å². The molecule has 5 nitrogen and oxygen atoms in total. The van der Waals surface area contributed by atoms with Crippen molar-refractivity contribution >= 4 is 17.6 Å². The number of amides is 1. The molecule has 0 bridgehead atoms. The van der Waals surface area contributed by atoms with Crippen molar-refractivity contribution in [1.29, 1.82) is 0 Å². The van der Waals surface area contributed by atoms with Gasteiger partial charge in [0.1, 0.15) is 0 Å². The van der Waals surface area contributed by atoms with Gasteiger partial charge in [-0.05, 0) is 17.7 Å². The highest BCUT2D eigenvalue weighted by atomic mass is 16.4. The SMILES string of the molecule is O=C(O)Cc1ccc(N2CCC(=O)N2)cc1. The average Bonchev–Trinajstić information content (AvgIpc) is 2.65. The lowest BCUT2D eigenvalue weighted by Gasteiger charge is -2.17. The molecule has 0 spiro atoms. The van der Waals surface area contributed by atoms with Crippen molar-refractivity contribution in [2.75, 3.05) is 11.6 Å². The number of anilines is 1. The number of carboxylic acids is 1. The van der Waals surface area contributed by atoms with E-state index in [4.69, 9.17) is 5.11 Å². The minimum Gasteiger partial charge on any atom is -0.481 e. The summed E-state index contributed by atoms with van der Waals surface area (Å²) in [6.45, 7) is 0.650. The molecule has 0 unspecified atom stereocenters. The predicted molar refractivity (Wildman–Crippen MR) is 57.9 cm³/mol. The van der Waals surface area contributed by atoms with Crippen molar-refractivity contribution in [2.24, 2.45) is 0 Å². The van der Waals surface area contributed by atoms with Gasteiger partial charge >= 0.3 is 5.97 Å². The van der Waals surface area contributed by atoms with Gasteiger partial charge in [-0.15, -0.1) is 0 Å². The van der Waals surface area contributed by atoms with E-state index in [1.165, 1.54) is 0 Å². The Bertz CT molecular complexity index is 414. The summed E-state index contributed by atoms with van der Waals surface area (Å²) in [4.78, 5) is 21.5. The first-order chi connectivity index (χ1) is 7.65. The van der Waals surface area contributed by atoms with Crippen molar-refractivity contribution in [3.8, 4) is 0 Å². The number of carboxylic acid groups (broad SMARTS) is 1. The van der Waals surface area contributed by atoms with Gasteiger partial charge in [-0.3, -0.25) is 20.0 Å². The van der Waals surface area contributed by atoms with Crippen molar-refractivity contribution in [3.05, 3.63) is 29.8 Å². The average molecular weight is 220 g/mol. The lowest BCUT2D eigenvalue weighted by atomic mass is 10.1. The molecular weight excluding hydrogens is 208 g/mol. The molecule has 0 aliphatic carbocycles. The fourth-order valence-corrected chi connectivity index (χ4v) is 1.64. The zero-order valence-electron chi connectivity index (χ0n) is 8.64. The van der Waals surface area contributed by atoms with E-state index in [0.717, 1.165) is 11.3 Å². The molecule has 1 aliphatic heterocycles. The smallest absolute Gasteiger partial charge is 0.307 e.